The van der Waals surface area contributed by atoms with Gasteiger partial charge in [-0.15, -0.1) is 11.3 Å². The van der Waals surface area contributed by atoms with E-state index in [9.17, 15) is 8.78 Å². The van der Waals surface area contributed by atoms with Crippen LogP contribution in [0.15, 0.2) is 11.4 Å². The van der Waals surface area contributed by atoms with E-state index in [0.717, 1.165) is 6.54 Å². The van der Waals surface area contributed by atoms with Crippen molar-refractivity contribution in [3.05, 3.63) is 21.9 Å². The zero-order valence-corrected chi connectivity index (χ0v) is 11.1. The summed E-state index contributed by atoms with van der Waals surface area (Å²) in [6.45, 7) is 4.90. The van der Waals surface area contributed by atoms with E-state index in [4.69, 9.17) is 0 Å². The minimum absolute atomic E-state index is 0.0273. The molecule has 1 aromatic rings. The highest BCUT2D eigenvalue weighted by molar-refractivity contribution is 7.10. The van der Waals surface area contributed by atoms with Gasteiger partial charge in [-0.2, -0.15) is 0 Å². The first-order valence-corrected chi connectivity index (χ1v) is 7.06. The Kier molecular flexibility index (Phi) is 3.83. The van der Waals surface area contributed by atoms with Crippen LogP contribution in [0.3, 0.4) is 0 Å². The van der Waals surface area contributed by atoms with Crippen molar-refractivity contribution in [2.24, 2.45) is 5.92 Å². The molecule has 4 heteroatoms. The Bertz CT molecular complexity index is 375. The molecular formula is C13H19F2NS. The van der Waals surface area contributed by atoms with E-state index in [-0.39, 0.29) is 24.8 Å². The molecule has 17 heavy (non-hydrogen) atoms. The molecule has 96 valence electrons. The molecule has 1 fully saturated rings. The second kappa shape index (κ2) is 5.02. The monoisotopic (exact) mass is 259 g/mol. The van der Waals surface area contributed by atoms with Crippen LogP contribution in [0.2, 0.25) is 0 Å². The lowest BCUT2D eigenvalue weighted by Crippen LogP contribution is -2.27. The summed E-state index contributed by atoms with van der Waals surface area (Å²) in [4.78, 5) is 1.24. The van der Waals surface area contributed by atoms with Crippen molar-refractivity contribution in [1.82, 2.24) is 5.32 Å². The van der Waals surface area contributed by atoms with Crippen molar-refractivity contribution >= 4 is 11.3 Å². The Morgan fingerprint density at radius 2 is 2.35 bits per heavy atom. The molecule has 2 unspecified atom stereocenters. The number of alkyl halides is 2. The quantitative estimate of drug-likeness (QED) is 0.856. The fourth-order valence-electron chi connectivity index (χ4n) is 2.67. The first-order chi connectivity index (χ1) is 8.02. The summed E-state index contributed by atoms with van der Waals surface area (Å²) in [5.74, 6) is -2.39. The van der Waals surface area contributed by atoms with E-state index in [1.54, 1.807) is 11.3 Å². The van der Waals surface area contributed by atoms with E-state index in [2.05, 4.69) is 23.7 Å². The summed E-state index contributed by atoms with van der Waals surface area (Å²) in [6.07, 6.45) is 0.696. The summed E-state index contributed by atoms with van der Waals surface area (Å²) in [5.41, 5.74) is 1.18. The average molecular weight is 259 g/mol. The minimum Gasteiger partial charge on any atom is -0.310 e. The first kappa shape index (κ1) is 13.0. The molecule has 0 radical (unpaired) electrons. The van der Waals surface area contributed by atoms with E-state index in [1.807, 2.05) is 6.92 Å². The summed E-state index contributed by atoms with van der Waals surface area (Å²) < 4.78 is 26.6. The second-order valence-corrected chi connectivity index (χ2v) is 6.00. The number of hydrogen-bond donors (Lipinski definition) is 1. The van der Waals surface area contributed by atoms with E-state index >= 15 is 0 Å². The van der Waals surface area contributed by atoms with Crippen molar-refractivity contribution in [3.8, 4) is 0 Å². The molecule has 1 aromatic heterocycles. The van der Waals surface area contributed by atoms with Gasteiger partial charge in [0.1, 0.15) is 0 Å². The molecule has 0 bridgehead atoms. The van der Waals surface area contributed by atoms with Gasteiger partial charge >= 0.3 is 0 Å². The smallest absolute Gasteiger partial charge is 0.248 e. The summed E-state index contributed by atoms with van der Waals surface area (Å²) in [5, 5.41) is 5.46. The summed E-state index contributed by atoms with van der Waals surface area (Å²) >= 11 is 1.69. The molecule has 0 amide bonds. The Labute approximate surface area is 105 Å². The van der Waals surface area contributed by atoms with E-state index < -0.39 is 5.92 Å². The molecule has 1 heterocycles. The maximum Gasteiger partial charge on any atom is 0.248 e. The lowest BCUT2D eigenvalue weighted by Gasteiger charge is -2.23. The Hall–Kier alpha value is -0.480. The molecule has 0 aromatic carbocycles. The topological polar surface area (TPSA) is 12.0 Å². The van der Waals surface area contributed by atoms with E-state index in [1.165, 1.54) is 10.4 Å². The number of halogens is 2. The van der Waals surface area contributed by atoms with Gasteiger partial charge in [-0.05, 0) is 42.8 Å². The van der Waals surface area contributed by atoms with Gasteiger partial charge in [0.15, 0.2) is 0 Å². The molecular weight excluding hydrogens is 240 g/mol. The van der Waals surface area contributed by atoms with Crippen molar-refractivity contribution in [2.45, 2.75) is 45.1 Å². The van der Waals surface area contributed by atoms with Crippen LogP contribution in [0.5, 0.6) is 0 Å². The molecule has 2 rings (SSSR count). The Morgan fingerprint density at radius 3 is 2.82 bits per heavy atom. The van der Waals surface area contributed by atoms with Crippen LogP contribution in [0, 0.1) is 12.8 Å². The third kappa shape index (κ3) is 3.05. The van der Waals surface area contributed by atoms with Crippen molar-refractivity contribution < 1.29 is 8.78 Å². The molecule has 0 spiro atoms. The van der Waals surface area contributed by atoms with Gasteiger partial charge in [0.05, 0.1) is 0 Å². The first-order valence-electron chi connectivity index (χ1n) is 6.18. The predicted molar refractivity (Wildman–Crippen MR) is 67.8 cm³/mol. The van der Waals surface area contributed by atoms with Gasteiger partial charge < -0.3 is 5.32 Å². The van der Waals surface area contributed by atoms with Crippen molar-refractivity contribution in [1.29, 1.82) is 0 Å². The third-order valence-corrected chi connectivity index (χ3v) is 4.33. The molecule has 2 atom stereocenters. The normalized spacial score (nSPS) is 25.1. The summed E-state index contributed by atoms with van der Waals surface area (Å²) in [7, 11) is 0. The van der Waals surface area contributed by atoms with Crippen LogP contribution < -0.4 is 5.32 Å². The van der Waals surface area contributed by atoms with Gasteiger partial charge in [0.2, 0.25) is 5.92 Å². The van der Waals surface area contributed by atoms with E-state index in [0.29, 0.717) is 6.42 Å². The zero-order valence-electron chi connectivity index (χ0n) is 10.3. The lowest BCUT2D eigenvalue weighted by molar-refractivity contribution is 0.00330. The fourth-order valence-corrected chi connectivity index (χ4v) is 3.41. The molecule has 1 aliphatic rings. The zero-order chi connectivity index (χ0) is 12.5. The SMILES string of the molecule is CCNC(c1csc(C)c1)C1CCC(F)(F)C1. The number of hydrogen-bond acceptors (Lipinski definition) is 2. The van der Waals surface area contributed by atoms with Gasteiger partial charge in [-0.25, -0.2) is 8.78 Å². The maximum atomic E-state index is 13.3. The van der Waals surface area contributed by atoms with Crippen molar-refractivity contribution in [3.63, 3.8) is 0 Å². The molecule has 1 nitrogen and oxygen atoms in total. The number of nitrogens with one attached hydrogen (secondary N) is 1. The Balaban J connectivity index is 2.13. The van der Waals surface area contributed by atoms with Gasteiger partial charge in [0.25, 0.3) is 0 Å². The van der Waals surface area contributed by atoms with Gasteiger partial charge in [-0.3, -0.25) is 0 Å². The highest BCUT2D eigenvalue weighted by atomic mass is 32.1. The summed E-state index contributed by atoms with van der Waals surface area (Å²) in [6, 6.07) is 2.22. The number of aryl methyl sites for hydroxylation is 1. The van der Waals surface area contributed by atoms with Crippen LogP contribution in [-0.2, 0) is 0 Å². The number of rotatable bonds is 4. The third-order valence-electron chi connectivity index (χ3n) is 3.45. The maximum absolute atomic E-state index is 13.3. The van der Waals surface area contributed by atoms with Crippen LogP contribution in [0.1, 0.15) is 42.7 Å². The minimum atomic E-state index is -2.45. The van der Waals surface area contributed by atoms with Gasteiger partial charge in [-0.1, -0.05) is 6.92 Å². The molecule has 1 aliphatic carbocycles. The second-order valence-electron chi connectivity index (χ2n) is 4.88. The standard InChI is InChI=1S/C13H19F2NS/c1-3-16-12(11-6-9(2)17-8-11)10-4-5-13(14,15)7-10/h6,8,10,12,16H,3-5,7H2,1-2H3. The molecule has 0 aliphatic heterocycles. The molecule has 0 saturated heterocycles. The number of thiophene rings is 1. The van der Waals surface area contributed by atoms with Crippen molar-refractivity contribution in [2.75, 3.05) is 6.54 Å². The highest BCUT2D eigenvalue weighted by Gasteiger charge is 2.42. The molecule has 1 N–H and O–H groups in total. The highest BCUT2D eigenvalue weighted by Crippen LogP contribution is 2.44. The Morgan fingerprint density at radius 1 is 1.59 bits per heavy atom. The van der Waals surface area contributed by atoms with Gasteiger partial charge in [0, 0.05) is 23.8 Å². The lowest BCUT2D eigenvalue weighted by atomic mass is 9.93. The van der Waals surface area contributed by atoms with Crippen LogP contribution in [-0.4, -0.2) is 12.5 Å². The van der Waals surface area contributed by atoms with Crippen LogP contribution in [0.25, 0.3) is 0 Å². The predicted octanol–water partition coefficient (Wildman–Crippen LogP) is 4.14. The fraction of sp³-hybridized carbons (Fsp3) is 0.692. The average Bonchev–Trinajstić information content (AvgIpc) is 2.81. The van der Waals surface area contributed by atoms with Crippen LogP contribution >= 0.6 is 11.3 Å². The largest absolute Gasteiger partial charge is 0.310 e. The van der Waals surface area contributed by atoms with Crippen LogP contribution in [0.4, 0.5) is 8.78 Å². The molecule has 1 saturated carbocycles.